The van der Waals surface area contributed by atoms with Crippen molar-refractivity contribution in [3.05, 3.63) is 22.7 Å². The number of carbonyl (C=O) groups is 1. The molecular weight excluding hydrogens is 292 g/mol. The molecule has 1 fully saturated rings. The predicted molar refractivity (Wildman–Crippen MR) is 80.4 cm³/mol. The van der Waals surface area contributed by atoms with E-state index in [9.17, 15) is 4.79 Å². The van der Waals surface area contributed by atoms with Gasteiger partial charge in [0.25, 0.3) is 5.91 Å². The van der Waals surface area contributed by atoms with Gasteiger partial charge in [-0.05, 0) is 45.1 Å². The van der Waals surface area contributed by atoms with E-state index in [1.165, 1.54) is 0 Å². The number of amides is 1. The zero-order chi connectivity index (χ0) is 14.8. The summed E-state index contributed by atoms with van der Waals surface area (Å²) in [5, 5.41) is 3.49. The number of piperidine rings is 1. The number of likely N-dealkylation sites (tertiary alicyclic amines) is 1. The third kappa shape index (κ3) is 3.24. The van der Waals surface area contributed by atoms with Crippen LogP contribution >= 0.6 is 11.6 Å². The van der Waals surface area contributed by atoms with Gasteiger partial charge in [0.2, 0.25) is 0 Å². The highest BCUT2D eigenvalue weighted by atomic mass is 35.5. The topological polar surface area (TPSA) is 50.8 Å². The number of carbonyl (C=O) groups excluding carboxylic acids is 1. The lowest BCUT2D eigenvalue weighted by Crippen LogP contribution is -2.43. The Morgan fingerprint density at radius 3 is 2.76 bits per heavy atom. The predicted octanol–water partition coefficient (Wildman–Crippen LogP) is 1.94. The summed E-state index contributed by atoms with van der Waals surface area (Å²) < 4.78 is 11.0. The minimum Gasteiger partial charge on any atom is -0.486 e. The van der Waals surface area contributed by atoms with Crippen molar-refractivity contribution in [1.29, 1.82) is 0 Å². The van der Waals surface area contributed by atoms with Crippen molar-refractivity contribution in [1.82, 2.24) is 10.2 Å². The summed E-state index contributed by atoms with van der Waals surface area (Å²) in [6, 6.07) is 3.56. The number of nitrogens with zero attached hydrogens (tertiary/aromatic N) is 1. The van der Waals surface area contributed by atoms with Crippen LogP contribution in [0.5, 0.6) is 11.5 Å². The molecule has 0 radical (unpaired) electrons. The number of hydrogen-bond acceptors (Lipinski definition) is 4. The van der Waals surface area contributed by atoms with Crippen molar-refractivity contribution in [3.8, 4) is 11.5 Å². The Labute approximate surface area is 129 Å². The lowest BCUT2D eigenvalue weighted by atomic mass is 10.0. The van der Waals surface area contributed by atoms with Crippen LogP contribution in [0.15, 0.2) is 12.1 Å². The van der Waals surface area contributed by atoms with Crippen molar-refractivity contribution in [2.24, 2.45) is 0 Å². The molecular formula is C15H19ClN2O3. The number of hydrogen-bond donors (Lipinski definition) is 1. The zero-order valence-electron chi connectivity index (χ0n) is 12.0. The Bertz CT molecular complexity index is 542. The Morgan fingerprint density at radius 2 is 2.00 bits per heavy atom. The van der Waals surface area contributed by atoms with E-state index < -0.39 is 0 Å². The number of rotatable bonds is 2. The first-order chi connectivity index (χ1) is 10.1. The summed E-state index contributed by atoms with van der Waals surface area (Å²) in [6.07, 6.45) is 1.95. The summed E-state index contributed by atoms with van der Waals surface area (Å²) in [6.45, 7) is 2.97. The van der Waals surface area contributed by atoms with Gasteiger partial charge in [-0.15, -0.1) is 0 Å². The number of nitrogens with one attached hydrogen (secondary N) is 1. The van der Waals surface area contributed by atoms with Crippen LogP contribution in [0.25, 0.3) is 0 Å². The molecule has 1 aromatic carbocycles. The van der Waals surface area contributed by atoms with Gasteiger partial charge in [-0.3, -0.25) is 4.79 Å². The van der Waals surface area contributed by atoms with Gasteiger partial charge >= 0.3 is 0 Å². The van der Waals surface area contributed by atoms with Gasteiger partial charge in [0.15, 0.2) is 11.5 Å². The summed E-state index contributed by atoms with van der Waals surface area (Å²) in [5.41, 5.74) is 0.517. The first-order valence-electron chi connectivity index (χ1n) is 7.22. The molecule has 0 bridgehead atoms. The molecule has 2 aliphatic rings. The highest BCUT2D eigenvalue weighted by Gasteiger charge is 2.22. The molecule has 114 valence electrons. The highest BCUT2D eigenvalue weighted by molar-refractivity contribution is 6.32. The molecule has 0 atom stereocenters. The molecule has 0 aromatic heterocycles. The molecule has 0 unspecified atom stereocenters. The minimum atomic E-state index is -0.108. The van der Waals surface area contributed by atoms with Crippen LogP contribution in [0.4, 0.5) is 0 Å². The molecule has 0 spiro atoms. The minimum absolute atomic E-state index is 0.108. The Balaban J connectivity index is 1.71. The van der Waals surface area contributed by atoms with Crippen molar-refractivity contribution >= 4 is 17.5 Å². The number of ether oxygens (including phenoxy) is 2. The average molecular weight is 311 g/mol. The van der Waals surface area contributed by atoms with Crippen LogP contribution in [0.2, 0.25) is 5.02 Å². The lowest BCUT2D eigenvalue weighted by Gasteiger charge is -2.29. The first-order valence-corrected chi connectivity index (χ1v) is 7.60. The van der Waals surface area contributed by atoms with E-state index in [0.29, 0.717) is 35.3 Å². The SMILES string of the molecule is CN1CCC(NC(=O)c2cc(Cl)c3c(c2)OCCO3)CC1. The number of fused-ring (bicyclic) bond motifs is 1. The van der Waals surface area contributed by atoms with Gasteiger partial charge in [0, 0.05) is 11.6 Å². The quantitative estimate of drug-likeness (QED) is 0.907. The molecule has 5 nitrogen and oxygen atoms in total. The molecule has 3 rings (SSSR count). The third-order valence-corrected chi connectivity index (χ3v) is 4.19. The molecule has 0 aliphatic carbocycles. The fourth-order valence-electron chi connectivity index (χ4n) is 2.66. The molecule has 6 heteroatoms. The van der Waals surface area contributed by atoms with Gasteiger partial charge in [0.05, 0.1) is 5.02 Å². The maximum Gasteiger partial charge on any atom is 0.251 e. The maximum atomic E-state index is 12.4. The number of benzene rings is 1. The van der Waals surface area contributed by atoms with E-state index in [-0.39, 0.29) is 11.9 Å². The van der Waals surface area contributed by atoms with E-state index >= 15 is 0 Å². The summed E-state index contributed by atoms with van der Waals surface area (Å²) in [5.74, 6) is 0.962. The van der Waals surface area contributed by atoms with Gasteiger partial charge < -0.3 is 19.7 Å². The van der Waals surface area contributed by atoms with E-state index in [1.807, 2.05) is 0 Å². The largest absolute Gasteiger partial charge is 0.486 e. The molecule has 2 aliphatic heterocycles. The van der Waals surface area contributed by atoms with Gasteiger partial charge in [-0.25, -0.2) is 0 Å². The van der Waals surface area contributed by atoms with Crippen LogP contribution in [-0.4, -0.2) is 50.2 Å². The first kappa shape index (κ1) is 14.5. The monoisotopic (exact) mass is 310 g/mol. The molecule has 1 amide bonds. The third-order valence-electron chi connectivity index (χ3n) is 3.91. The summed E-state index contributed by atoms with van der Waals surface area (Å²) in [4.78, 5) is 14.6. The van der Waals surface area contributed by atoms with Gasteiger partial charge in [-0.2, -0.15) is 0 Å². The van der Waals surface area contributed by atoms with Crippen molar-refractivity contribution < 1.29 is 14.3 Å². The zero-order valence-corrected chi connectivity index (χ0v) is 12.8. The summed E-state index contributed by atoms with van der Waals surface area (Å²) in [7, 11) is 2.10. The summed E-state index contributed by atoms with van der Waals surface area (Å²) >= 11 is 6.16. The Morgan fingerprint density at radius 1 is 1.29 bits per heavy atom. The van der Waals surface area contributed by atoms with Crippen LogP contribution in [0.3, 0.4) is 0 Å². The molecule has 1 aromatic rings. The van der Waals surface area contributed by atoms with Crippen LogP contribution in [0.1, 0.15) is 23.2 Å². The number of halogens is 1. The van der Waals surface area contributed by atoms with Crippen LogP contribution in [0, 0.1) is 0 Å². The fraction of sp³-hybridized carbons (Fsp3) is 0.533. The van der Waals surface area contributed by atoms with Crippen molar-refractivity contribution in [2.75, 3.05) is 33.4 Å². The van der Waals surface area contributed by atoms with Gasteiger partial charge in [-0.1, -0.05) is 11.6 Å². The lowest BCUT2D eigenvalue weighted by molar-refractivity contribution is 0.0915. The van der Waals surface area contributed by atoms with E-state index in [1.54, 1.807) is 12.1 Å². The van der Waals surface area contributed by atoms with E-state index in [0.717, 1.165) is 25.9 Å². The van der Waals surface area contributed by atoms with E-state index in [2.05, 4.69) is 17.3 Å². The molecule has 2 heterocycles. The standard InChI is InChI=1S/C15H19ClN2O3/c1-18-4-2-11(3-5-18)17-15(19)10-8-12(16)14-13(9-10)20-6-7-21-14/h8-9,11H,2-7H2,1H3,(H,17,19). The van der Waals surface area contributed by atoms with Crippen LogP contribution < -0.4 is 14.8 Å². The van der Waals surface area contributed by atoms with Crippen LogP contribution in [-0.2, 0) is 0 Å². The van der Waals surface area contributed by atoms with Crippen molar-refractivity contribution in [3.63, 3.8) is 0 Å². The van der Waals surface area contributed by atoms with Gasteiger partial charge in [0.1, 0.15) is 13.2 Å². The Kier molecular flexibility index (Phi) is 4.22. The average Bonchev–Trinajstić information content (AvgIpc) is 2.49. The second-order valence-electron chi connectivity index (χ2n) is 5.53. The highest BCUT2D eigenvalue weighted by Crippen LogP contribution is 2.38. The van der Waals surface area contributed by atoms with Crippen molar-refractivity contribution in [2.45, 2.75) is 18.9 Å². The smallest absolute Gasteiger partial charge is 0.251 e. The second-order valence-corrected chi connectivity index (χ2v) is 5.94. The Hall–Kier alpha value is -1.46. The normalized spacial score (nSPS) is 19.3. The maximum absolute atomic E-state index is 12.4. The molecule has 1 saturated heterocycles. The van der Waals surface area contributed by atoms with E-state index in [4.69, 9.17) is 21.1 Å². The molecule has 21 heavy (non-hydrogen) atoms. The molecule has 0 saturated carbocycles. The fourth-order valence-corrected chi connectivity index (χ4v) is 2.93. The molecule has 1 N–H and O–H groups in total. The second kappa shape index (κ2) is 6.12.